The molecule has 0 bridgehead atoms. The van der Waals surface area contributed by atoms with E-state index in [0.717, 1.165) is 5.56 Å². The number of likely N-dealkylation sites (N-methyl/N-ethyl adjacent to an activating group) is 1. The zero-order valence-corrected chi connectivity index (χ0v) is 15.4. The third-order valence-electron chi connectivity index (χ3n) is 3.57. The molecule has 126 valence electrons. The van der Waals surface area contributed by atoms with Crippen LogP contribution in [0.2, 0.25) is 5.02 Å². The zero-order chi connectivity index (χ0) is 16.9. The van der Waals surface area contributed by atoms with Crippen molar-refractivity contribution in [3.63, 3.8) is 0 Å². The van der Waals surface area contributed by atoms with Crippen molar-refractivity contribution in [3.8, 4) is 0 Å². The van der Waals surface area contributed by atoms with Gasteiger partial charge in [0.15, 0.2) is 0 Å². The second-order valence-corrected chi connectivity index (χ2v) is 7.72. The third-order valence-corrected chi connectivity index (χ3v) is 6.07. The van der Waals surface area contributed by atoms with E-state index in [1.165, 1.54) is 8.61 Å². The number of halogens is 1. The van der Waals surface area contributed by atoms with Crippen molar-refractivity contribution in [2.45, 2.75) is 32.9 Å². The molecular weight excluding hydrogens is 324 g/mol. The van der Waals surface area contributed by atoms with E-state index in [2.05, 4.69) is 0 Å². The molecule has 0 saturated carbocycles. The summed E-state index contributed by atoms with van der Waals surface area (Å²) in [7, 11) is -0.435. The van der Waals surface area contributed by atoms with E-state index < -0.39 is 16.3 Å². The molecule has 1 aromatic carbocycles. The molecule has 5 nitrogen and oxygen atoms in total. The molecular formula is C15H25ClN2O3S. The Hall–Kier alpha value is -0.660. The van der Waals surface area contributed by atoms with Gasteiger partial charge in [0.1, 0.15) is 0 Å². The van der Waals surface area contributed by atoms with E-state index >= 15 is 0 Å². The lowest BCUT2D eigenvalue weighted by molar-refractivity contribution is 0.138. The first-order valence-electron chi connectivity index (χ1n) is 7.24. The second kappa shape index (κ2) is 8.26. The van der Waals surface area contributed by atoms with E-state index in [9.17, 15) is 8.42 Å². The van der Waals surface area contributed by atoms with Gasteiger partial charge in [0.2, 0.25) is 0 Å². The van der Waals surface area contributed by atoms with Gasteiger partial charge < -0.3 is 4.74 Å². The molecule has 0 aliphatic rings. The highest BCUT2D eigenvalue weighted by Crippen LogP contribution is 2.26. The molecule has 1 aromatic rings. The maximum absolute atomic E-state index is 12.8. The minimum absolute atomic E-state index is 0.106. The van der Waals surface area contributed by atoms with Gasteiger partial charge in [-0.05, 0) is 31.5 Å². The van der Waals surface area contributed by atoms with Crippen molar-refractivity contribution in [3.05, 3.63) is 34.9 Å². The predicted octanol–water partition coefficient (Wildman–Crippen LogP) is 2.93. The Morgan fingerprint density at radius 3 is 2.18 bits per heavy atom. The number of hydrogen-bond donors (Lipinski definition) is 0. The van der Waals surface area contributed by atoms with Gasteiger partial charge >= 0.3 is 0 Å². The van der Waals surface area contributed by atoms with E-state index in [1.54, 1.807) is 26.3 Å². The summed E-state index contributed by atoms with van der Waals surface area (Å²) in [6.07, 6.45) is 0. The topological polar surface area (TPSA) is 49.9 Å². The fourth-order valence-corrected chi connectivity index (χ4v) is 4.19. The number of benzene rings is 1. The Morgan fingerprint density at radius 2 is 1.77 bits per heavy atom. The molecule has 0 heterocycles. The van der Waals surface area contributed by atoms with Crippen LogP contribution in [0, 0.1) is 0 Å². The molecule has 1 atom stereocenters. The minimum Gasteiger partial charge on any atom is -0.383 e. The number of ether oxygens (including phenoxy) is 1. The number of nitrogens with zero attached hydrogens (tertiary/aromatic N) is 2. The van der Waals surface area contributed by atoms with E-state index in [0.29, 0.717) is 11.6 Å². The third kappa shape index (κ3) is 4.43. The lowest BCUT2D eigenvalue weighted by Gasteiger charge is -2.34. The van der Waals surface area contributed by atoms with Gasteiger partial charge in [-0.25, -0.2) is 0 Å². The van der Waals surface area contributed by atoms with Gasteiger partial charge in [0.05, 0.1) is 12.6 Å². The average Bonchev–Trinajstić information content (AvgIpc) is 2.45. The van der Waals surface area contributed by atoms with Crippen LogP contribution in [0.25, 0.3) is 0 Å². The first-order chi connectivity index (χ1) is 10.3. The van der Waals surface area contributed by atoms with Gasteiger partial charge in [-0.15, -0.1) is 0 Å². The van der Waals surface area contributed by atoms with Crippen LogP contribution in [0.5, 0.6) is 0 Å². The maximum Gasteiger partial charge on any atom is 0.282 e. The SMILES string of the molecule is CCN(C(C)C)S(=O)(=O)N(C)C(COC)c1ccc(Cl)cc1. The zero-order valence-electron chi connectivity index (χ0n) is 13.8. The quantitative estimate of drug-likeness (QED) is 0.725. The molecule has 0 aromatic heterocycles. The lowest BCUT2D eigenvalue weighted by Crippen LogP contribution is -2.47. The van der Waals surface area contributed by atoms with Crippen molar-refractivity contribution < 1.29 is 13.2 Å². The highest BCUT2D eigenvalue weighted by atomic mass is 35.5. The standard InChI is InChI=1S/C15H25ClN2O3S/c1-6-18(12(2)3)22(19,20)17(4)15(11-21-5)13-7-9-14(16)10-8-13/h7-10,12,15H,6,11H2,1-5H3. The van der Waals surface area contributed by atoms with Crippen LogP contribution >= 0.6 is 11.6 Å². The second-order valence-electron chi connectivity index (χ2n) is 5.34. The Bertz CT molecular complexity index is 561. The average molecular weight is 349 g/mol. The first-order valence-corrected chi connectivity index (χ1v) is 9.02. The Kier molecular flexibility index (Phi) is 7.28. The van der Waals surface area contributed by atoms with E-state index in [4.69, 9.17) is 16.3 Å². The monoisotopic (exact) mass is 348 g/mol. The van der Waals surface area contributed by atoms with Crippen molar-refractivity contribution >= 4 is 21.8 Å². The molecule has 0 radical (unpaired) electrons. The minimum atomic E-state index is -3.58. The highest BCUT2D eigenvalue weighted by Gasteiger charge is 2.33. The summed E-state index contributed by atoms with van der Waals surface area (Å²) < 4.78 is 33.7. The molecule has 7 heteroatoms. The Labute approximate surface area is 139 Å². The molecule has 0 amide bonds. The highest BCUT2D eigenvalue weighted by molar-refractivity contribution is 7.86. The van der Waals surface area contributed by atoms with Gasteiger partial charge in [0, 0.05) is 31.8 Å². The van der Waals surface area contributed by atoms with E-state index in [-0.39, 0.29) is 12.6 Å². The summed E-state index contributed by atoms with van der Waals surface area (Å²) in [5.41, 5.74) is 0.845. The van der Waals surface area contributed by atoms with Gasteiger partial charge in [0.25, 0.3) is 10.2 Å². The van der Waals surface area contributed by atoms with Crippen molar-refractivity contribution in [1.82, 2.24) is 8.61 Å². The molecule has 0 aliphatic heterocycles. The number of methoxy groups -OCH3 is 1. The van der Waals surface area contributed by atoms with Crippen molar-refractivity contribution in [1.29, 1.82) is 0 Å². The molecule has 0 aliphatic carbocycles. The van der Waals surface area contributed by atoms with Crippen LogP contribution in [0.4, 0.5) is 0 Å². The van der Waals surface area contributed by atoms with Crippen molar-refractivity contribution in [2.24, 2.45) is 0 Å². The Balaban J connectivity index is 3.17. The molecule has 0 N–H and O–H groups in total. The molecule has 0 spiro atoms. The fourth-order valence-electron chi connectivity index (χ4n) is 2.37. The van der Waals surface area contributed by atoms with Crippen LogP contribution in [0.15, 0.2) is 24.3 Å². The smallest absolute Gasteiger partial charge is 0.282 e. The largest absolute Gasteiger partial charge is 0.383 e. The van der Waals surface area contributed by atoms with Crippen LogP contribution in [0.3, 0.4) is 0 Å². The van der Waals surface area contributed by atoms with Crippen LogP contribution in [-0.2, 0) is 14.9 Å². The first kappa shape index (κ1) is 19.4. The van der Waals surface area contributed by atoms with Crippen LogP contribution < -0.4 is 0 Å². The predicted molar refractivity (Wildman–Crippen MR) is 90.3 cm³/mol. The molecule has 1 rings (SSSR count). The fraction of sp³-hybridized carbons (Fsp3) is 0.600. The molecule has 0 fully saturated rings. The van der Waals surface area contributed by atoms with Crippen LogP contribution in [-0.4, -0.2) is 50.4 Å². The summed E-state index contributed by atoms with van der Waals surface area (Å²) >= 11 is 5.91. The summed E-state index contributed by atoms with van der Waals surface area (Å²) in [4.78, 5) is 0. The summed E-state index contributed by atoms with van der Waals surface area (Å²) in [5, 5.41) is 0.614. The van der Waals surface area contributed by atoms with Gasteiger partial charge in [-0.3, -0.25) is 0 Å². The van der Waals surface area contributed by atoms with Gasteiger partial charge in [-0.1, -0.05) is 30.7 Å². The summed E-state index contributed by atoms with van der Waals surface area (Å²) in [6.45, 7) is 6.25. The number of rotatable bonds is 8. The molecule has 22 heavy (non-hydrogen) atoms. The normalized spacial score (nSPS) is 14.0. The van der Waals surface area contributed by atoms with Crippen molar-refractivity contribution in [2.75, 3.05) is 27.3 Å². The maximum atomic E-state index is 12.8. The molecule has 0 saturated heterocycles. The van der Waals surface area contributed by atoms with Crippen LogP contribution in [0.1, 0.15) is 32.4 Å². The Morgan fingerprint density at radius 1 is 1.23 bits per heavy atom. The van der Waals surface area contributed by atoms with Gasteiger partial charge in [-0.2, -0.15) is 17.0 Å². The number of hydrogen-bond acceptors (Lipinski definition) is 3. The summed E-state index contributed by atoms with van der Waals surface area (Å²) in [5.74, 6) is 0. The lowest BCUT2D eigenvalue weighted by atomic mass is 10.1. The summed E-state index contributed by atoms with van der Waals surface area (Å²) in [6, 6.07) is 6.64. The van der Waals surface area contributed by atoms with E-state index in [1.807, 2.05) is 32.9 Å². The molecule has 1 unspecified atom stereocenters.